The molecule has 2 N–H and O–H groups in total. The monoisotopic (exact) mass is 367 g/mol. The number of methoxy groups -OCH3 is 2. The standard InChI is InChI=1S/C8H8FNO3.C8H10N2O3/c2*1-5-3-10(12)4-6(9)7(5)8(11)13-2/h3-4H,1-2H3;3-4H,9H2,1-2H3. The molecule has 0 amide bonds. The molecule has 140 valence electrons. The van der Waals surface area contributed by atoms with Crippen LogP contribution in [0.2, 0.25) is 0 Å². The zero-order valence-corrected chi connectivity index (χ0v) is 14.6. The summed E-state index contributed by atoms with van der Waals surface area (Å²) in [4.78, 5) is 22.1. The summed E-state index contributed by atoms with van der Waals surface area (Å²) >= 11 is 0. The zero-order chi connectivity index (χ0) is 20.0. The lowest BCUT2D eigenvalue weighted by atomic mass is 10.1. The van der Waals surface area contributed by atoms with E-state index in [1.165, 1.54) is 20.2 Å². The van der Waals surface area contributed by atoms with Gasteiger partial charge in [0.1, 0.15) is 11.3 Å². The maximum Gasteiger partial charge on any atom is 0.341 e. The normalized spacial score (nSPS) is 9.73. The molecule has 0 aliphatic rings. The summed E-state index contributed by atoms with van der Waals surface area (Å²) in [6, 6.07) is 0. The van der Waals surface area contributed by atoms with E-state index < -0.39 is 17.8 Å². The van der Waals surface area contributed by atoms with E-state index in [0.29, 0.717) is 21.2 Å². The second-order valence-electron chi connectivity index (χ2n) is 5.14. The lowest BCUT2D eigenvalue weighted by Crippen LogP contribution is -2.28. The van der Waals surface area contributed by atoms with Crippen LogP contribution in [0.25, 0.3) is 0 Å². The number of aryl methyl sites for hydroxylation is 2. The summed E-state index contributed by atoms with van der Waals surface area (Å²) in [5.41, 5.74) is 6.40. The molecule has 26 heavy (non-hydrogen) atoms. The number of nitrogen functional groups attached to an aromatic ring is 1. The third kappa shape index (κ3) is 4.79. The van der Waals surface area contributed by atoms with Crippen molar-refractivity contribution < 1.29 is 32.9 Å². The fraction of sp³-hybridized carbons (Fsp3) is 0.250. The van der Waals surface area contributed by atoms with E-state index >= 15 is 0 Å². The lowest BCUT2D eigenvalue weighted by molar-refractivity contribution is -0.607. The molecule has 2 heterocycles. The fourth-order valence-electron chi connectivity index (χ4n) is 2.12. The van der Waals surface area contributed by atoms with Crippen LogP contribution in [0, 0.1) is 30.1 Å². The lowest BCUT2D eigenvalue weighted by Gasteiger charge is -2.06. The summed E-state index contributed by atoms with van der Waals surface area (Å²) in [5.74, 6) is -2.19. The van der Waals surface area contributed by atoms with Gasteiger partial charge in [0, 0.05) is 11.1 Å². The van der Waals surface area contributed by atoms with Crippen LogP contribution in [0.15, 0.2) is 24.8 Å². The van der Waals surface area contributed by atoms with Crippen LogP contribution in [0.3, 0.4) is 0 Å². The molecule has 0 aliphatic carbocycles. The number of anilines is 1. The Morgan fingerprint density at radius 2 is 1.35 bits per heavy atom. The number of nitrogens with zero attached hydrogens (tertiary/aromatic N) is 2. The first-order valence-corrected chi connectivity index (χ1v) is 7.16. The van der Waals surface area contributed by atoms with Gasteiger partial charge in [-0.1, -0.05) is 0 Å². The zero-order valence-electron chi connectivity index (χ0n) is 14.6. The summed E-state index contributed by atoms with van der Waals surface area (Å²) in [7, 11) is 2.42. The Balaban J connectivity index is 0.000000260. The maximum absolute atomic E-state index is 13.0. The van der Waals surface area contributed by atoms with Gasteiger partial charge in [0.15, 0.2) is 12.4 Å². The predicted octanol–water partition coefficient (Wildman–Crippen LogP) is 0.551. The second-order valence-corrected chi connectivity index (χ2v) is 5.14. The molecule has 0 aromatic carbocycles. The number of halogens is 1. The highest BCUT2D eigenvalue weighted by molar-refractivity contribution is 5.96. The predicted molar refractivity (Wildman–Crippen MR) is 87.3 cm³/mol. The Morgan fingerprint density at radius 1 is 0.923 bits per heavy atom. The smallest absolute Gasteiger partial charge is 0.341 e. The minimum absolute atomic E-state index is 0.127. The first kappa shape index (κ1) is 20.6. The van der Waals surface area contributed by atoms with E-state index in [1.807, 2.05) is 0 Å². The number of carbonyl (C=O) groups is 2. The molecule has 0 bridgehead atoms. The summed E-state index contributed by atoms with van der Waals surface area (Å²) < 4.78 is 22.7. The average molecular weight is 367 g/mol. The SMILES string of the molecule is COC(=O)c1c(C)c[n+]([O-])cc1F.COC(=O)c1c(C)c[n+]([O-])cc1N. The quantitative estimate of drug-likeness (QED) is 0.465. The third-order valence-corrected chi connectivity index (χ3v) is 3.24. The molecular formula is C16H18FN3O6. The van der Waals surface area contributed by atoms with Crippen LogP contribution in [-0.2, 0) is 9.47 Å². The Hall–Kier alpha value is -3.43. The highest BCUT2D eigenvalue weighted by Crippen LogP contribution is 2.14. The molecule has 2 aromatic rings. The van der Waals surface area contributed by atoms with E-state index in [4.69, 9.17) is 5.73 Å². The molecule has 2 aromatic heterocycles. The van der Waals surface area contributed by atoms with Crippen LogP contribution in [-0.4, -0.2) is 26.2 Å². The minimum atomic E-state index is -0.873. The molecule has 0 unspecified atom stereocenters. The van der Waals surface area contributed by atoms with Gasteiger partial charge in [0.25, 0.3) is 0 Å². The Morgan fingerprint density at radius 3 is 1.77 bits per heavy atom. The Bertz CT molecular complexity index is 725. The van der Waals surface area contributed by atoms with Gasteiger partial charge in [-0.05, 0) is 13.8 Å². The first-order chi connectivity index (χ1) is 12.1. The molecule has 0 saturated carbocycles. The number of esters is 2. The van der Waals surface area contributed by atoms with Gasteiger partial charge in [-0.2, -0.15) is 13.9 Å². The van der Waals surface area contributed by atoms with E-state index in [-0.39, 0.29) is 22.4 Å². The molecule has 0 saturated heterocycles. The summed E-state index contributed by atoms with van der Waals surface area (Å²) in [5, 5.41) is 21.6. The van der Waals surface area contributed by atoms with Crippen LogP contribution in [0.1, 0.15) is 31.8 Å². The largest absolute Gasteiger partial charge is 0.619 e. The van der Waals surface area contributed by atoms with Crippen LogP contribution >= 0.6 is 0 Å². The van der Waals surface area contributed by atoms with Gasteiger partial charge < -0.3 is 25.6 Å². The molecule has 9 nitrogen and oxygen atoms in total. The number of hydrogen-bond acceptors (Lipinski definition) is 7. The maximum atomic E-state index is 13.0. The topological polar surface area (TPSA) is 132 Å². The van der Waals surface area contributed by atoms with E-state index in [1.54, 1.807) is 6.92 Å². The number of carbonyl (C=O) groups excluding carboxylic acids is 2. The fourth-order valence-corrected chi connectivity index (χ4v) is 2.12. The summed E-state index contributed by atoms with van der Waals surface area (Å²) in [6.45, 7) is 3.08. The van der Waals surface area contributed by atoms with Crippen molar-refractivity contribution in [1.29, 1.82) is 0 Å². The third-order valence-electron chi connectivity index (χ3n) is 3.24. The van der Waals surface area contributed by atoms with Gasteiger partial charge in [-0.25, -0.2) is 9.59 Å². The van der Waals surface area contributed by atoms with E-state index in [2.05, 4.69) is 9.47 Å². The van der Waals surface area contributed by atoms with Crippen molar-refractivity contribution in [3.8, 4) is 0 Å². The number of ether oxygens (including phenoxy) is 2. The van der Waals surface area contributed by atoms with Crippen molar-refractivity contribution in [2.24, 2.45) is 0 Å². The van der Waals surface area contributed by atoms with Crippen molar-refractivity contribution in [2.45, 2.75) is 13.8 Å². The van der Waals surface area contributed by atoms with Crippen molar-refractivity contribution >= 4 is 17.6 Å². The van der Waals surface area contributed by atoms with Gasteiger partial charge in [-0.3, -0.25) is 0 Å². The van der Waals surface area contributed by atoms with Crippen molar-refractivity contribution in [1.82, 2.24) is 0 Å². The number of hydrogen-bond donors (Lipinski definition) is 1. The molecule has 0 atom stereocenters. The van der Waals surface area contributed by atoms with Gasteiger partial charge in [0.2, 0.25) is 18.2 Å². The van der Waals surface area contributed by atoms with Crippen LogP contribution in [0.5, 0.6) is 0 Å². The van der Waals surface area contributed by atoms with Crippen molar-refractivity contribution in [2.75, 3.05) is 20.0 Å². The highest BCUT2D eigenvalue weighted by Gasteiger charge is 2.19. The van der Waals surface area contributed by atoms with Gasteiger partial charge >= 0.3 is 11.9 Å². The van der Waals surface area contributed by atoms with Crippen molar-refractivity contribution in [3.63, 3.8) is 0 Å². The molecule has 10 heteroatoms. The van der Waals surface area contributed by atoms with Crippen LogP contribution in [0.4, 0.5) is 10.1 Å². The van der Waals surface area contributed by atoms with E-state index in [0.717, 1.165) is 19.5 Å². The minimum Gasteiger partial charge on any atom is -0.619 e. The Labute approximate surface area is 148 Å². The highest BCUT2D eigenvalue weighted by atomic mass is 19.1. The molecule has 0 aliphatic heterocycles. The average Bonchev–Trinajstić information content (AvgIpc) is 2.53. The molecular weight excluding hydrogens is 349 g/mol. The molecule has 0 spiro atoms. The number of aromatic nitrogens is 2. The van der Waals surface area contributed by atoms with Gasteiger partial charge in [-0.15, -0.1) is 0 Å². The number of nitrogens with two attached hydrogens (primary N) is 1. The first-order valence-electron chi connectivity index (χ1n) is 7.16. The molecule has 0 radical (unpaired) electrons. The van der Waals surface area contributed by atoms with E-state index in [9.17, 15) is 24.4 Å². The molecule has 0 fully saturated rings. The Kier molecular flexibility index (Phi) is 6.82. The van der Waals surface area contributed by atoms with Crippen LogP contribution < -0.4 is 15.2 Å². The number of pyridine rings is 2. The van der Waals surface area contributed by atoms with Gasteiger partial charge in [0.05, 0.1) is 19.8 Å². The molecule has 2 rings (SSSR count). The number of rotatable bonds is 2. The van der Waals surface area contributed by atoms with Crippen molar-refractivity contribution in [3.05, 3.63) is 63.3 Å². The summed E-state index contributed by atoms with van der Waals surface area (Å²) in [6.07, 6.45) is 4.18. The second kappa shape index (κ2) is 8.60.